The minimum Gasteiger partial charge on any atom is -0.477 e. The molecule has 2 N–H and O–H groups in total. The zero-order valence-corrected chi connectivity index (χ0v) is 11.5. The predicted octanol–water partition coefficient (Wildman–Crippen LogP) is 1.60. The predicted molar refractivity (Wildman–Crippen MR) is 77.8 cm³/mol. The first kappa shape index (κ1) is 13.4. The number of hydrogen-bond acceptors (Lipinski definition) is 3. The van der Waals surface area contributed by atoms with Crippen LogP contribution >= 0.6 is 0 Å². The Labute approximate surface area is 120 Å². The van der Waals surface area contributed by atoms with E-state index in [4.69, 9.17) is 0 Å². The van der Waals surface area contributed by atoms with Crippen molar-refractivity contribution in [1.29, 1.82) is 0 Å². The zero-order chi connectivity index (χ0) is 15.1. The Hall–Kier alpha value is -2.63. The van der Waals surface area contributed by atoms with Crippen LogP contribution in [0.4, 0.5) is 5.69 Å². The Bertz CT molecular complexity index is 836. The SMILES string of the molecule is CC(=O)Nc1ccc2c3c1c(=O)c(C(=O)O)cn3CCC2. The highest BCUT2D eigenvalue weighted by atomic mass is 16.4. The molecule has 108 valence electrons. The number of carbonyl (C=O) groups excluding carboxylic acids is 1. The van der Waals surface area contributed by atoms with E-state index in [0.717, 1.165) is 23.9 Å². The number of aromatic nitrogens is 1. The van der Waals surface area contributed by atoms with Gasteiger partial charge in [0.05, 0.1) is 16.6 Å². The van der Waals surface area contributed by atoms with Crippen molar-refractivity contribution in [2.24, 2.45) is 0 Å². The molecule has 6 nitrogen and oxygen atoms in total. The van der Waals surface area contributed by atoms with Crippen molar-refractivity contribution in [3.63, 3.8) is 0 Å². The Morgan fingerprint density at radius 1 is 1.33 bits per heavy atom. The number of anilines is 1. The van der Waals surface area contributed by atoms with Gasteiger partial charge in [0, 0.05) is 19.7 Å². The van der Waals surface area contributed by atoms with Gasteiger partial charge in [-0.1, -0.05) is 6.07 Å². The molecule has 0 spiro atoms. The van der Waals surface area contributed by atoms with Gasteiger partial charge in [0.1, 0.15) is 5.56 Å². The summed E-state index contributed by atoms with van der Waals surface area (Å²) in [6.07, 6.45) is 3.12. The van der Waals surface area contributed by atoms with E-state index in [1.54, 1.807) is 10.6 Å². The first-order valence-corrected chi connectivity index (χ1v) is 6.69. The number of pyridine rings is 1. The van der Waals surface area contributed by atoms with Gasteiger partial charge in [-0.15, -0.1) is 0 Å². The maximum atomic E-state index is 12.5. The molecule has 2 heterocycles. The largest absolute Gasteiger partial charge is 0.477 e. The molecule has 0 atom stereocenters. The molecule has 3 rings (SSSR count). The molecule has 1 aliphatic heterocycles. The molecule has 1 aromatic carbocycles. The van der Waals surface area contributed by atoms with Crippen LogP contribution in [0, 0.1) is 0 Å². The summed E-state index contributed by atoms with van der Waals surface area (Å²) in [5, 5.41) is 12.1. The van der Waals surface area contributed by atoms with E-state index >= 15 is 0 Å². The molecule has 1 amide bonds. The van der Waals surface area contributed by atoms with Crippen molar-refractivity contribution in [2.75, 3.05) is 5.32 Å². The Morgan fingerprint density at radius 3 is 2.76 bits per heavy atom. The van der Waals surface area contributed by atoms with Gasteiger partial charge in [-0.05, 0) is 24.5 Å². The normalized spacial score (nSPS) is 13.2. The summed E-state index contributed by atoms with van der Waals surface area (Å²) in [6.45, 7) is 2.01. The number of carboxylic acid groups (broad SMARTS) is 1. The molecule has 0 bridgehead atoms. The molecule has 0 unspecified atom stereocenters. The number of carboxylic acids is 1. The van der Waals surface area contributed by atoms with Crippen LogP contribution in [-0.4, -0.2) is 21.6 Å². The maximum Gasteiger partial charge on any atom is 0.341 e. The fourth-order valence-corrected chi connectivity index (χ4v) is 2.87. The third-order valence-electron chi connectivity index (χ3n) is 3.69. The summed E-state index contributed by atoms with van der Waals surface area (Å²) in [5.74, 6) is -1.55. The lowest BCUT2D eigenvalue weighted by Crippen LogP contribution is -2.23. The Morgan fingerprint density at radius 2 is 2.10 bits per heavy atom. The monoisotopic (exact) mass is 286 g/mol. The van der Waals surface area contributed by atoms with Crippen LogP contribution in [0.2, 0.25) is 0 Å². The van der Waals surface area contributed by atoms with E-state index in [2.05, 4.69) is 5.32 Å². The van der Waals surface area contributed by atoms with Crippen molar-refractivity contribution < 1.29 is 14.7 Å². The first-order chi connectivity index (χ1) is 9.99. The fourth-order valence-electron chi connectivity index (χ4n) is 2.87. The molecule has 21 heavy (non-hydrogen) atoms. The summed E-state index contributed by atoms with van der Waals surface area (Å²) in [7, 11) is 0. The molecule has 6 heteroatoms. The van der Waals surface area contributed by atoms with Gasteiger partial charge in [-0.25, -0.2) is 4.79 Å². The van der Waals surface area contributed by atoms with Gasteiger partial charge in [-0.3, -0.25) is 9.59 Å². The number of aromatic carboxylic acids is 1. The quantitative estimate of drug-likeness (QED) is 0.877. The van der Waals surface area contributed by atoms with E-state index in [1.807, 2.05) is 6.07 Å². The van der Waals surface area contributed by atoms with Crippen LogP contribution < -0.4 is 10.7 Å². The first-order valence-electron chi connectivity index (χ1n) is 6.69. The fraction of sp³-hybridized carbons (Fsp3) is 0.267. The second kappa shape index (κ2) is 4.73. The van der Waals surface area contributed by atoms with Gasteiger partial charge in [0.2, 0.25) is 11.3 Å². The molecule has 0 fully saturated rings. The number of rotatable bonds is 2. The van der Waals surface area contributed by atoms with E-state index in [-0.39, 0.29) is 16.9 Å². The highest BCUT2D eigenvalue weighted by molar-refractivity contribution is 6.03. The standard InChI is InChI=1S/C15H14N2O4/c1-8(18)16-11-5-4-9-3-2-6-17-7-10(15(20)21)14(19)12(11)13(9)17/h4-5,7H,2-3,6H2,1H3,(H,16,18)(H,20,21). The molecule has 0 radical (unpaired) electrons. The van der Waals surface area contributed by atoms with Crippen LogP contribution in [0.25, 0.3) is 10.9 Å². The lowest BCUT2D eigenvalue weighted by molar-refractivity contribution is -0.114. The molecular weight excluding hydrogens is 272 g/mol. The van der Waals surface area contributed by atoms with Crippen LogP contribution in [0.3, 0.4) is 0 Å². The summed E-state index contributed by atoms with van der Waals surface area (Å²) in [4.78, 5) is 35.0. The number of amides is 1. The molecule has 1 aromatic heterocycles. The average molecular weight is 286 g/mol. The zero-order valence-electron chi connectivity index (χ0n) is 11.5. The molecule has 0 saturated heterocycles. The van der Waals surface area contributed by atoms with Gasteiger partial charge < -0.3 is 15.0 Å². The van der Waals surface area contributed by atoms with Crippen LogP contribution in [-0.2, 0) is 17.8 Å². The number of nitrogens with one attached hydrogen (secondary N) is 1. The Balaban J connectivity index is 2.45. The topological polar surface area (TPSA) is 88.4 Å². The van der Waals surface area contributed by atoms with Crippen LogP contribution in [0.15, 0.2) is 23.1 Å². The number of aryl methyl sites for hydroxylation is 2. The third kappa shape index (κ3) is 2.08. The third-order valence-corrected chi connectivity index (χ3v) is 3.69. The molecule has 2 aromatic rings. The van der Waals surface area contributed by atoms with Crippen LogP contribution in [0.1, 0.15) is 29.3 Å². The average Bonchev–Trinajstić information content (AvgIpc) is 2.43. The summed E-state index contributed by atoms with van der Waals surface area (Å²) in [5.41, 5.74) is 1.27. The number of benzene rings is 1. The summed E-state index contributed by atoms with van der Waals surface area (Å²) >= 11 is 0. The summed E-state index contributed by atoms with van der Waals surface area (Å²) in [6, 6.07) is 3.55. The molecular formula is C15H14N2O4. The minimum absolute atomic E-state index is 0.270. The second-order valence-corrected chi connectivity index (χ2v) is 5.15. The number of nitrogens with zero attached hydrogens (tertiary/aromatic N) is 1. The second-order valence-electron chi connectivity index (χ2n) is 5.15. The highest BCUT2D eigenvalue weighted by Crippen LogP contribution is 2.29. The van der Waals surface area contributed by atoms with Crippen molar-refractivity contribution in [3.8, 4) is 0 Å². The van der Waals surface area contributed by atoms with Crippen molar-refractivity contribution in [2.45, 2.75) is 26.3 Å². The van der Waals surface area contributed by atoms with Gasteiger partial charge in [0.25, 0.3) is 0 Å². The van der Waals surface area contributed by atoms with Crippen molar-refractivity contribution >= 4 is 28.5 Å². The van der Waals surface area contributed by atoms with E-state index in [9.17, 15) is 19.5 Å². The smallest absolute Gasteiger partial charge is 0.341 e. The van der Waals surface area contributed by atoms with Gasteiger partial charge in [0.15, 0.2) is 0 Å². The highest BCUT2D eigenvalue weighted by Gasteiger charge is 2.21. The van der Waals surface area contributed by atoms with Gasteiger partial charge >= 0.3 is 5.97 Å². The van der Waals surface area contributed by atoms with E-state index in [0.29, 0.717) is 12.2 Å². The van der Waals surface area contributed by atoms with E-state index < -0.39 is 11.4 Å². The number of carbonyl (C=O) groups is 2. The maximum absolute atomic E-state index is 12.5. The van der Waals surface area contributed by atoms with Crippen LogP contribution in [0.5, 0.6) is 0 Å². The van der Waals surface area contributed by atoms with Crippen molar-refractivity contribution in [1.82, 2.24) is 4.57 Å². The minimum atomic E-state index is -1.25. The van der Waals surface area contributed by atoms with E-state index in [1.165, 1.54) is 13.1 Å². The molecule has 0 saturated carbocycles. The summed E-state index contributed by atoms with van der Waals surface area (Å²) < 4.78 is 1.80. The molecule has 0 aliphatic carbocycles. The Kier molecular flexibility index (Phi) is 3.01. The lowest BCUT2D eigenvalue weighted by atomic mass is 9.98. The lowest BCUT2D eigenvalue weighted by Gasteiger charge is -2.21. The number of hydrogen-bond donors (Lipinski definition) is 2. The van der Waals surface area contributed by atoms with Gasteiger partial charge in [-0.2, -0.15) is 0 Å². The van der Waals surface area contributed by atoms with Crippen molar-refractivity contribution in [3.05, 3.63) is 39.7 Å². The molecule has 1 aliphatic rings.